The van der Waals surface area contributed by atoms with Crippen LogP contribution in [0.25, 0.3) is 0 Å². The zero-order valence-electron chi connectivity index (χ0n) is 12.6. The second kappa shape index (κ2) is 5.60. The topological polar surface area (TPSA) is 39.2 Å². The highest BCUT2D eigenvalue weighted by Crippen LogP contribution is 2.42. The quantitative estimate of drug-likeness (QED) is 0.767. The Hall–Kier alpha value is -1.68. The molecule has 1 saturated carbocycles. The number of aryl methyl sites for hydroxylation is 2. The van der Waals surface area contributed by atoms with Gasteiger partial charge in [0.2, 0.25) is 0 Å². The van der Waals surface area contributed by atoms with Crippen molar-refractivity contribution >= 4 is 17.1 Å². The van der Waals surface area contributed by atoms with Gasteiger partial charge in [-0.05, 0) is 38.3 Å². The summed E-state index contributed by atoms with van der Waals surface area (Å²) in [5, 5.41) is 0.891. The smallest absolute Gasteiger partial charge is 0.171 e. The molecule has 21 heavy (non-hydrogen) atoms. The Morgan fingerprint density at radius 1 is 1.38 bits per heavy atom. The van der Waals surface area contributed by atoms with E-state index >= 15 is 0 Å². The number of ketones is 1. The predicted molar refractivity (Wildman–Crippen MR) is 84.3 cm³/mol. The van der Waals surface area contributed by atoms with E-state index in [1.807, 2.05) is 19.1 Å². The Morgan fingerprint density at radius 2 is 2.14 bits per heavy atom. The number of hydrogen-bond acceptors (Lipinski definition) is 4. The largest absolute Gasteiger partial charge is 0.486 e. The molecule has 1 aromatic carbocycles. The van der Waals surface area contributed by atoms with Gasteiger partial charge in [0.25, 0.3) is 0 Å². The van der Waals surface area contributed by atoms with Gasteiger partial charge in [0, 0.05) is 12.8 Å². The van der Waals surface area contributed by atoms with Crippen LogP contribution in [0.4, 0.5) is 0 Å². The van der Waals surface area contributed by atoms with Gasteiger partial charge in [0.15, 0.2) is 5.78 Å². The normalized spacial score (nSPS) is 14.2. The standard InChI is InChI=1S/C17H19NO2S/c1-10-4-7-14(11(2)8-10)20-9-15-18-16(13-5-6-13)17(21-15)12(3)19/h4,7-8,13H,5-6,9H2,1-3H3. The van der Waals surface area contributed by atoms with E-state index in [1.54, 1.807) is 6.92 Å². The van der Waals surface area contributed by atoms with E-state index in [1.165, 1.54) is 16.9 Å². The number of hydrogen-bond donors (Lipinski definition) is 0. The highest BCUT2D eigenvalue weighted by atomic mass is 32.1. The van der Waals surface area contributed by atoms with Crippen LogP contribution in [-0.2, 0) is 6.61 Å². The summed E-state index contributed by atoms with van der Waals surface area (Å²) >= 11 is 1.48. The second-order valence-electron chi connectivity index (χ2n) is 5.71. The number of ether oxygens (including phenoxy) is 1. The van der Waals surface area contributed by atoms with Crippen LogP contribution in [0.15, 0.2) is 18.2 Å². The van der Waals surface area contributed by atoms with Crippen LogP contribution in [0.3, 0.4) is 0 Å². The molecule has 1 aliphatic rings. The van der Waals surface area contributed by atoms with E-state index < -0.39 is 0 Å². The summed E-state index contributed by atoms with van der Waals surface area (Å²) in [5.74, 6) is 1.50. The molecular weight excluding hydrogens is 282 g/mol. The maximum absolute atomic E-state index is 11.7. The van der Waals surface area contributed by atoms with E-state index in [4.69, 9.17) is 4.74 Å². The number of benzene rings is 1. The number of rotatable bonds is 5. The van der Waals surface area contributed by atoms with E-state index in [9.17, 15) is 4.79 Å². The van der Waals surface area contributed by atoms with Gasteiger partial charge in [-0.1, -0.05) is 17.7 Å². The lowest BCUT2D eigenvalue weighted by Crippen LogP contribution is -1.97. The van der Waals surface area contributed by atoms with E-state index in [0.717, 1.165) is 39.7 Å². The van der Waals surface area contributed by atoms with Gasteiger partial charge >= 0.3 is 0 Å². The lowest BCUT2D eigenvalue weighted by Gasteiger charge is -2.08. The van der Waals surface area contributed by atoms with Gasteiger partial charge in [-0.15, -0.1) is 11.3 Å². The van der Waals surface area contributed by atoms with Crippen molar-refractivity contribution in [2.24, 2.45) is 0 Å². The Kier molecular flexibility index (Phi) is 3.81. The number of aromatic nitrogens is 1. The molecule has 0 amide bonds. The van der Waals surface area contributed by atoms with Crippen molar-refractivity contribution in [3.63, 3.8) is 0 Å². The highest BCUT2D eigenvalue weighted by molar-refractivity contribution is 7.13. The Balaban J connectivity index is 1.76. The Bertz CT molecular complexity index is 686. The molecule has 1 heterocycles. The van der Waals surface area contributed by atoms with E-state index in [0.29, 0.717) is 12.5 Å². The highest BCUT2D eigenvalue weighted by Gasteiger charge is 2.31. The Labute approximate surface area is 129 Å². The van der Waals surface area contributed by atoms with Crippen LogP contribution in [-0.4, -0.2) is 10.8 Å². The van der Waals surface area contributed by atoms with E-state index in [-0.39, 0.29) is 5.78 Å². The molecule has 0 N–H and O–H groups in total. The molecule has 3 rings (SSSR count). The third-order valence-corrected chi connectivity index (χ3v) is 4.81. The van der Waals surface area contributed by atoms with Crippen LogP contribution in [0.1, 0.15) is 57.2 Å². The molecule has 4 heteroatoms. The minimum atomic E-state index is 0.118. The van der Waals surface area contributed by atoms with Crippen LogP contribution < -0.4 is 4.74 Å². The lowest BCUT2D eigenvalue weighted by molar-refractivity contribution is 0.102. The van der Waals surface area contributed by atoms with Gasteiger partial charge in [-0.3, -0.25) is 4.79 Å². The summed E-state index contributed by atoms with van der Waals surface area (Å²) < 4.78 is 5.86. The van der Waals surface area contributed by atoms with Crippen LogP contribution in [0.2, 0.25) is 0 Å². The van der Waals surface area contributed by atoms with Gasteiger partial charge in [0.05, 0.1) is 10.6 Å². The molecule has 0 atom stereocenters. The van der Waals surface area contributed by atoms with Gasteiger partial charge in [-0.2, -0.15) is 0 Å². The summed E-state index contributed by atoms with van der Waals surface area (Å²) in [7, 11) is 0. The molecule has 0 saturated heterocycles. The van der Waals surface area contributed by atoms with Gasteiger partial charge < -0.3 is 4.74 Å². The number of nitrogens with zero attached hydrogens (tertiary/aromatic N) is 1. The van der Waals surface area contributed by atoms with Gasteiger partial charge in [-0.25, -0.2) is 4.98 Å². The van der Waals surface area contributed by atoms with Crippen LogP contribution >= 0.6 is 11.3 Å². The lowest BCUT2D eigenvalue weighted by atomic mass is 10.1. The first-order chi connectivity index (χ1) is 10.0. The molecule has 0 radical (unpaired) electrons. The van der Waals surface area contributed by atoms with Crippen molar-refractivity contribution in [2.45, 2.75) is 46.1 Å². The molecule has 3 nitrogen and oxygen atoms in total. The molecule has 1 aliphatic carbocycles. The average Bonchev–Trinajstić information content (AvgIpc) is 3.18. The minimum Gasteiger partial charge on any atom is -0.486 e. The van der Waals surface area contributed by atoms with Crippen molar-refractivity contribution in [1.82, 2.24) is 4.98 Å². The molecule has 2 aromatic rings. The fourth-order valence-electron chi connectivity index (χ4n) is 2.43. The van der Waals surface area contributed by atoms with Crippen molar-refractivity contribution < 1.29 is 9.53 Å². The molecule has 110 valence electrons. The summed E-state index contributed by atoms with van der Waals surface area (Å²) in [4.78, 5) is 17.2. The van der Waals surface area contributed by atoms with E-state index in [2.05, 4.69) is 18.0 Å². The van der Waals surface area contributed by atoms with Crippen molar-refractivity contribution in [3.05, 3.63) is 44.9 Å². The SMILES string of the molecule is CC(=O)c1sc(COc2ccc(C)cc2C)nc1C1CC1. The zero-order chi connectivity index (χ0) is 15.0. The molecular formula is C17H19NO2S. The molecule has 0 spiro atoms. The maximum Gasteiger partial charge on any atom is 0.171 e. The number of thiazole rings is 1. The molecule has 0 unspecified atom stereocenters. The second-order valence-corrected chi connectivity index (χ2v) is 6.79. The predicted octanol–water partition coefficient (Wildman–Crippen LogP) is 4.42. The average molecular weight is 301 g/mol. The fraction of sp³-hybridized carbons (Fsp3) is 0.412. The van der Waals surface area contributed by atoms with Crippen LogP contribution in [0, 0.1) is 13.8 Å². The first kappa shape index (κ1) is 14.3. The summed E-state index contributed by atoms with van der Waals surface area (Å²) in [6.07, 6.45) is 2.31. The maximum atomic E-state index is 11.7. The minimum absolute atomic E-state index is 0.118. The van der Waals surface area contributed by atoms with Crippen LogP contribution in [0.5, 0.6) is 5.75 Å². The Morgan fingerprint density at radius 3 is 2.76 bits per heavy atom. The first-order valence-electron chi connectivity index (χ1n) is 7.25. The third kappa shape index (κ3) is 3.16. The monoisotopic (exact) mass is 301 g/mol. The van der Waals surface area contributed by atoms with Crippen molar-refractivity contribution in [2.75, 3.05) is 0 Å². The fourth-order valence-corrected chi connectivity index (χ4v) is 3.38. The molecule has 0 bridgehead atoms. The molecule has 1 aromatic heterocycles. The first-order valence-corrected chi connectivity index (χ1v) is 8.07. The summed E-state index contributed by atoms with van der Waals surface area (Å²) in [6.45, 7) is 6.16. The zero-order valence-corrected chi connectivity index (χ0v) is 13.4. The third-order valence-electron chi connectivity index (χ3n) is 3.66. The summed E-state index contributed by atoms with van der Waals surface area (Å²) in [5.41, 5.74) is 3.34. The number of Topliss-reactive ketones (excluding diaryl/α,β-unsaturated/α-hetero) is 1. The summed E-state index contributed by atoms with van der Waals surface area (Å²) in [6, 6.07) is 6.14. The van der Waals surface area contributed by atoms with Gasteiger partial charge in [0.1, 0.15) is 17.4 Å². The number of carbonyl (C=O) groups excluding carboxylic acids is 1. The van der Waals surface area contributed by atoms with Crippen molar-refractivity contribution in [1.29, 1.82) is 0 Å². The van der Waals surface area contributed by atoms with Crippen molar-refractivity contribution in [3.8, 4) is 5.75 Å². The molecule has 1 fully saturated rings. The molecule has 0 aliphatic heterocycles. The number of carbonyl (C=O) groups is 1.